The zero-order valence-corrected chi connectivity index (χ0v) is 9.19. The number of benzene rings is 1. The molecule has 14 heavy (non-hydrogen) atoms. The molecule has 1 aromatic carbocycles. The Morgan fingerprint density at radius 1 is 1.36 bits per heavy atom. The topological polar surface area (TPSA) is 64.2 Å². The number of nitrogens with zero attached hydrogens (tertiary/aromatic N) is 1. The molecule has 1 aromatic rings. The molecule has 0 saturated carbocycles. The molecule has 0 bridgehead atoms. The van der Waals surface area contributed by atoms with Gasteiger partial charge in [-0.3, -0.25) is 0 Å². The quantitative estimate of drug-likeness (QED) is 0.791. The van der Waals surface area contributed by atoms with Gasteiger partial charge < -0.3 is 10.2 Å². The Kier molecular flexibility index (Phi) is 3.64. The molecule has 2 N–H and O–H groups in total. The molecule has 3 nitrogen and oxygen atoms in total. The number of halogens is 1. The summed E-state index contributed by atoms with van der Waals surface area (Å²) in [6, 6.07) is 6.89. The van der Waals surface area contributed by atoms with Gasteiger partial charge in [0.05, 0.1) is 6.07 Å². The molecule has 2 unspecified atom stereocenters. The molecule has 4 heteroatoms. The van der Waals surface area contributed by atoms with Gasteiger partial charge in [0.15, 0.2) is 6.10 Å². The Balaban J connectivity index is 3.02. The van der Waals surface area contributed by atoms with Crippen molar-refractivity contribution in [3.8, 4) is 6.07 Å². The van der Waals surface area contributed by atoms with Crippen molar-refractivity contribution in [3.63, 3.8) is 0 Å². The summed E-state index contributed by atoms with van der Waals surface area (Å²) < 4.78 is 0.816. The minimum absolute atomic E-state index is 0.533. The van der Waals surface area contributed by atoms with Gasteiger partial charge in [-0.25, -0.2) is 0 Å². The predicted molar refractivity (Wildman–Crippen MR) is 55.5 cm³/mol. The average Bonchev–Trinajstić information content (AvgIpc) is 2.14. The van der Waals surface area contributed by atoms with Crippen LogP contribution in [0.2, 0.25) is 0 Å². The number of hydrogen-bond acceptors (Lipinski definition) is 3. The van der Waals surface area contributed by atoms with E-state index in [2.05, 4.69) is 15.9 Å². The van der Waals surface area contributed by atoms with Crippen molar-refractivity contribution in [2.24, 2.45) is 0 Å². The number of aliphatic hydroxyl groups is 2. The summed E-state index contributed by atoms with van der Waals surface area (Å²) in [5, 5.41) is 27.1. The van der Waals surface area contributed by atoms with Crippen LogP contribution in [0, 0.1) is 18.3 Å². The lowest BCUT2D eigenvalue weighted by Crippen LogP contribution is -2.15. The molecule has 0 aliphatic rings. The molecule has 0 aliphatic heterocycles. The minimum atomic E-state index is -1.39. The maximum atomic E-state index is 9.54. The van der Waals surface area contributed by atoms with Gasteiger partial charge in [-0.1, -0.05) is 22.0 Å². The van der Waals surface area contributed by atoms with E-state index in [0.717, 1.165) is 10.0 Å². The Labute approximate surface area is 90.7 Å². The van der Waals surface area contributed by atoms with Crippen molar-refractivity contribution < 1.29 is 10.2 Å². The van der Waals surface area contributed by atoms with Gasteiger partial charge in [0.2, 0.25) is 0 Å². The third kappa shape index (κ3) is 2.55. The lowest BCUT2D eigenvalue weighted by atomic mass is 10.0. The van der Waals surface area contributed by atoms with E-state index in [1.54, 1.807) is 18.2 Å². The van der Waals surface area contributed by atoms with E-state index in [1.165, 1.54) is 0 Å². The number of rotatable bonds is 2. The van der Waals surface area contributed by atoms with E-state index >= 15 is 0 Å². The molecule has 0 heterocycles. The summed E-state index contributed by atoms with van der Waals surface area (Å²) in [4.78, 5) is 0. The van der Waals surface area contributed by atoms with Crippen molar-refractivity contribution in [2.75, 3.05) is 0 Å². The van der Waals surface area contributed by atoms with Crippen molar-refractivity contribution in [1.29, 1.82) is 5.26 Å². The Hall–Kier alpha value is -0.890. The Morgan fingerprint density at radius 3 is 2.50 bits per heavy atom. The highest BCUT2D eigenvalue weighted by atomic mass is 79.9. The molecule has 74 valence electrons. The van der Waals surface area contributed by atoms with Crippen molar-refractivity contribution >= 4 is 15.9 Å². The van der Waals surface area contributed by atoms with Crippen molar-refractivity contribution in [3.05, 3.63) is 33.8 Å². The first kappa shape index (κ1) is 11.2. The van der Waals surface area contributed by atoms with Crippen LogP contribution in [0.5, 0.6) is 0 Å². The molecule has 0 fully saturated rings. The molecule has 0 aromatic heterocycles. The highest BCUT2D eigenvalue weighted by Crippen LogP contribution is 2.22. The van der Waals surface area contributed by atoms with Crippen LogP contribution in [0.3, 0.4) is 0 Å². The van der Waals surface area contributed by atoms with Gasteiger partial charge in [0.1, 0.15) is 6.10 Å². The summed E-state index contributed by atoms with van der Waals surface area (Å²) >= 11 is 3.28. The molecule has 0 amide bonds. The van der Waals surface area contributed by atoms with Gasteiger partial charge in [0, 0.05) is 4.47 Å². The molecule has 0 spiro atoms. The van der Waals surface area contributed by atoms with Crippen molar-refractivity contribution in [1.82, 2.24) is 0 Å². The second-order valence-corrected chi connectivity index (χ2v) is 4.00. The fraction of sp³-hybridized carbons (Fsp3) is 0.300. The maximum absolute atomic E-state index is 9.54. The number of hydrogen-bond donors (Lipinski definition) is 2. The van der Waals surface area contributed by atoms with Crippen molar-refractivity contribution in [2.45, 2.75) is 19.1 Å². The molecule has 0 aliphatic carbocycles. The molecule has 1 rings (SSSR count). The van der Waals surface area contributed by atoms with E-state index in [1.807, 2.05) is 13.0 Å². The van der Waals surface area contributed by atoms with Crippen LogP contribution in [-0.4, -0.2) is 16.3 Å². The van der Waals surface area contributed by atoms with Gasteiger partial charge in [-0.05, 0) is 30.2 Å². The SMILES string of the molecule is Cc1cc(Br)cc(C(O)C(O)C#N)c1. The van der Waals surface area contributed by atoms with Gasteiger partial charge in [-0.15, -0.1) is 0 Å². The molecule has 2 atom stereocenters. The average molecular weight is 256 g/mol. The highest BCUT2D eigenvalue weighted by molar-refractivity contribution is 9.10. The first-order valence-corrected chi connectivity index (χ1v) is 4.86. The van der Waals surface area contributed by atoms with Gasteiger partial charge in [-0.2, -0.15) is 5.26 Å². The normalized spacial score (nSPS) is 14.5. The van der Waals surface area contributed by atoms with E-state index in [0.29, 0.717) is 5.56 Å². The maximum Gasteiger partial charge on any atom is 0.170 e. The fourth-order valence-corrected chi connectivity index (χ4v) is 1.81. The Bertz CT molecular complexity index is 353. The highest BCUT2D eigenvalue weighted by Gasteiger charge is 2.17. The molecule has 0 saturated heterocycles. The van der Waals surface area contributed by atoms with E-state index in [4.69, 9.17) is 10.4 Å². The third-order valence-electron chi connectivity index (χ3n) is 1.84. The number of nitriles is 1. The van der Waals surface area contributed by atoms with Gasteiger partial charge in [0.25, 0.3) is 0 Å². The van der Waals surface area contributed by atoms with Crippen LogP contribution in [0.1, 0.15) is 17.2 Å². The zero-order chi connectivity index (χ0) is 10.7. The van der Waals surface area contributed by atoms with Crippen LogP contribution >= 0.6 is 15.9 Å². The molecular weight excluding hydrogens is 246 g/mol. The number of aryl methyl sites for hydroxylation is 1. The summed E-state index contributed by atoms with van der Waals surface area (Å²) in [7, 11) is 0. The minimum Gasteiger partial charge on any atom is -0.385 e. The monoisotopic (exact) mass is 255 g/mol. The summed E-state index contributed by atoms with van der Waals surface area (Å²) in [5.41, 5.74) is 1.49. The lowest BCUT2D eigenvalue weighted by molar-refractivity contribution is 0.0527. The van der Waals surface area contributed by atoms with Crippen LogP contribution in [0.15, 0.2) is 22.7 Å². The lowest BCUT2D eigenvalue weighted by Gasteiger charge is -2.12. The largest absolute Gasteiger partial charge is 0.385 e. The van der Waals surface area contributed by atoms with E-state index in [9.17, 15) is 5.11 Å². The second kappa shape index (κ2) is 4.56. The first-order valence-electron chi connectivity index (χ1n) is 4.07. The zero-order valence-electron chi connectivity index (χ0n) is 7.61. The van der Waals surface area contributed by atoms with Crippen LogP contribution in [0.4, 0.5) is 0 Å². The molecular formula is C10H10BrNO2. The van der Waals surface area contributed by atoms with Crippen LogP contribution in [0.25, 0.3) is 0 Å². The third-order valence-corrected chi connectivity index (χ3v) is 2.30. The standard InChI is InChI=1S/C10H10BrNO2/c1-6-2-7(4-8(11)3-6)10(14)9(13)5-12/h2-4,9-10,13-14H,1H3. The number of aliphatic hydroxyl groups excluding tert-OH is 2. The second-order valence-electron chi connectivity index (χ2n) is 3.08. The van der Waals surface area contributed by atoms with Crippen LogP contribution < -0.4 is 0 Å². The van der Waals surface area contributed by atoms with E-state index in [-0.39, 0.29) is 0 Å². The summed E-state index contributed by atoms with van der Waals surface area (Å²) in [6.45, 7) is 1.87. The Morgan fingerprint density at radius 2 is 2.00 bits per heavy atom. The smallest absolute Gasteiger partial charge is 0.170 e. The van der Waals surface area contributed by atoms with Gasteiger partial charge >= 0.3 is 0 Å². The predicted octanol–water partition coefficient (Wildman–Crippen LogP) is 1.68. The fourth-order valence-electron chi connectivity index (χ4n) is 1.19. The van der Waals surface area contributed by atoms with Crippen LogP contribution in [-0.2, 0) is 0 Å². The summed E-state index contributed by atoms with van der Waals surface area (Å²) in [6.07, 6.45) is -2.54. The molecule has 0 radical (unpaired) electrons. The first-order chi connectivity index (χ1) is 6.54. The van der Waals surface area contributed by atoms with E-state index < -0.39 is 12.2 Å². The summed E-state index contributed by atoms with van der Waals surface area (Å²) in [5.74, 6) is 0.